The molecule has 2 N–H and O–H groups in total. The van der Waals surface area contributed by atoms with Crippen LogP contribution < -0.4 is 20.1 Å². The maximum atomic E-state index is 13.7. The van der Waals surface area contributed by atoms with Crippen LogP contribution in [-0.2, 0) is 20.5 Å². The summed E-state index contributed by atoms with van der Waals surface area (Å²) in [6.07, 6.45) is -2.73. The van der Waals surface area contributed by atoms with Gasteiger partial charge in [0.05, 0.1) is 35.9 Å². The van der Waals surface area contributed by atoms with Gasteiger partial charge >= 0.3 is 12.1 Å². The Morgan fingerprint density at radius 1 is 1.10 bits per heavy atom. The second-order valence-electron chi connectivity index (χ2n) is 9.88. The molecule has 2 saturated carbocycles. The van der Waals surface area contributed by atoms with Crippen LogP contribution in [0, 0.1) is 23.6 Å². The lowest BCUT2D eigenvalue weighted by Gasteiger charge is -2.31. The number of hydrogen-bond donors (Lipinski definition) is 2. The molecule has 218 valence electrons. The number of anilines is 1. The van der Waals surface area contributed by atoms with Gasteiger partial charge in [0.25, 0.3) is 11.1 Å². The highest BCUT2D eigenvalue weighted by atomic mass is 32.1. The number of benzene rings is 2. The third-order valence-electron chi connectivity index (χ3n) is 7.54. The van der Waals surface area contributed by atoms with Gasteiger partial charge in [-0.1, -0.05) is 11.3 Å². The van der Waals surface area contributed by atoms with E-state index in [1.165, 1.54) is 14.2 Å². The van der Waals surface area contributed by atoms with Crippen LogP contribution in [0.3, 0.4) is 0 Å². The van der Waals surface area contributed by atoms with Gasteiger partial charge < -0.3 is 24.8 Å². The van der Waals surface area contributed by atoms with E-state index in [0.29, 0.717) is 28.8 Å². The number of nitrogens with one attached hydrogen (secondary N) is 2. The Morgan fingerprint density at radius 2 is 1.85 bits per heavy atom. The van der Waals surface area contributed by atoms with Crippen molar-refractivity contribution >= 4 is 45.0 Å². The molecule has 2 amide bonds. The van der Waals surface area contributed by atoms with Crippen molar-refractivity contribution in [1.29, 1.82) is 0 Å². The zero-order valence-electron chi connectivity index (χ0n) is 21.8. The molecular weight excluding hydrogens is 570 g/mol. The van der Waals surface area contributed by atoms with Crippen LogP contribution in [-0.4, -0.2) is 49.6 Å². The number of thiazole rings is 1. The molecule has 3 aromatic rings. The Balaban J connectivity index is 1.39. The molecule has 5 rings (SSSR count). The Kier molecular flexibility index (Phi) is 7.77. The van der Waals surface area contributed by atoms with Crippen LogP contribution in [0.15, 0.2) is 30.3 Å². The van der Waals surface area contributed by atoms with Crippen molar-refractivity contribution in [3.05, 3.63) is 47.3 Å². The molecular formula is C27H25F4N3O6S. The maximum absolute atomic E-state index is 13.7. The molecule has 0 saturated heterocycles. The molecule has 2 fully saturated rings. The van der Waals surface area contributed by atoms with E-state index in [2.05, 4.69) is 20.4 Å². The van der Waals surface area contributed by atoms with E-state index in [0.717, 1.165) is 30.2 Å². The number of carbonyl (C=O) groups is 3. The summed E-state index contributed by atoms with van der Waals surface area (Å²) in [6.45, 7) is -0.366. The number of aromatic nitrogens is 1. The first-order valence-electron chi connectivity index (χ1n) is 12.7. The quantitative estimate of drug-likeness (QED) is 0.284. The van der Waals surface area contributed by atoms with Gasteiger partial charge in [0.1, 0.15) is 17.1 Å². The molecule has 0 aliphatic heterocycles. The maximum Gasteiger partial charge on any atom is 0.419 e. The number of methoxy groups -OCH3 is 2. The predicted octanol–water partition coefficient (Wildman–Crippen LogP) is 4.80. The molecule has 4 atom stereocenters. The lowest BCUT2D eigenvalue weighted by atomic mass is 9.83. The highest BCUT2D eigenvalue weighted by Gasteiger charge is 2.51. The van der Waals surface area contributed by atoms with Gasteiger partial charge in [0, 0.05) is 11.7 Å². The van der Waals surface area contributed by atoms with E-state index >= 15 is 0 Å². The first kappa shape index (κ1) is 28.6. The monoisotopic (exact) mass is 595 g/mol. The molecule has 0 unspecified atom stereocenters. The molecule has 2 bridgehead atoms. The minimum atomic E-state index is -4.92. The van der Waals surface area contributed by atoms with Gasteiger partial charge in [-0.2, -0.15) is 13.2 Å². The Bertz CT molecular complexity index is 1510. The highest BCUT2D eigenvalue weighted by Crippen LogP contribution is 2.49. The topological polar surface area (TPSA) is 116 Å². The van der Waals surface area contributed by atoms with Crippen molar-refractivity contribution in [2.45, 2.75) is 31.5 Å². The standard InChI is InChI=1S/C27H25F4N3O6S/c1-38-18-8-7-17-23(41-26(33-17)40-11-19(35)39-2)21(18)25(37)34-22-13-4-3-12(9-13)20(22)24(36)32-14-5-6-16(28)15(10-14)27(29,30)31/h5-8,10,12-13,20,22H,3-4,9,11H2,1-2H3,(H,32,36)(H,34,37)/t12-,13+,20+,22-/m1/s1. The minimum Gasteiger partial charge on any atom is -0.496 e. The number of fused-ring (bicyclic) bond motifs is 3. The SMILES string of the molecule is COC(=O)COc1nc2ccc(OC)c(C(=O)N[C@@H]3[C@H]4CC[C@H](C4)[C@@H]3C(=O)Nc3ccc(F)c(C(F)(F)F)c3)c2s1. The highest BCUT2D eigenvalue weighted by molar-refractivity contribution is 7.20. The zero-order valence-corrected chi connectivity index (χ0v) is 22.7. The van der Waals surface area contributed by atoms with E-state index in [1.807, 2.05) is 0 Å². The second kappa shape index (κ2) is 11.1. The molecule has 0 radical (unpaired) electrons. The van der Waals surface area contributed by atoms with Gasteiger partial charge in [-0.15, -0.1) is 0 Å². The van der Waals surface area contributed by atoms with E-state index in [-0.39, 0.29) is 40.6 Å². The van der Waals surface area contributed by atoms with Crippen LogP contribution in [0.25, 0.3) is 10.2 Å². The molecule has 2 aromatic carbocycles. The molecule has 14 heteroatoms. The third-order valence-corrected chi connectivity index (χ3v) is 8.55. The normalized spacial score (nSPS) is 21.5. The molecule has 9 nitrogen and oxygen atoms in total. The molecule has 0 spiro atoms. The number of rotatable bonds is 8. The van der Waals surface area contributed by atoms with Crippen molar-refractivity contribution in [2.24, 2.45) is 17.8 Å². The fourth-order valence-electron chi connectivity index (χ4n) is 5.73. The van der Waals surface area contributed by atoms with Crippen molar-refractivity contribution in [1.82, 2.24) is 10.3 Å². The number of ether oxygens (including phenoxy) is 3. The lowest BCUT2D eigenvalue weighted by Crippen LogP contribution is -2.48. The first-order valence-corrected chi connectivity index (χ1v) is 13.5. The van der Waals surface area contributed by atoms with Gasteiger partial charge in [0.15, 0.2) is 6.61 Å². The number of nitrogens with zero attached hydrogens (tertiary/aromatic N) is 1. The van der Waals surface area contributed by atoms with Crippen LogP contribution >= 0.6 is 11.3 Å². The number of esters is 1. The van der Waals surface area contributed by atoms with Crippen LogP contribution in [0.5, 0.6) is 10.9 Å². The Hall–Kier alpha value is -3.94. The molecule has 41 heavy (non-hydrogen) atoms. The van der Waals surface area contributed by atoms with Crippen molar-refractivity contribution in [3.8, 4) is 10.9 Å². The third kappa shape index (κ3) is 5.65. The summed E-state index contributed by atoms with van der Waals surface area (Å²) in [4.78, 5) is 42.8. The number of carbonyl (C=O) groups excluding carboxylic acids is 3. The summed E-state index contributed by atoms with van der Waals surface area (Å²) in [7, 11) is 2.62. The van der Waals surface area contributed by atoms with E-state index in [9.17, 15) is 31.9 Å². The van der Waals surface area contributed by atoms with E-state index < -0.39 is 47.3 Å². The molecule has 2 aliphatic carbocycles. The summed E-state index contributed by atoms with van der Waals surface area (Å²) in [5, 5.41) is 5.60. The van der Waals surface area contributed by atoms with Gasteiger partial charge in [-0.25, -0.2) is 14.2 Å². The second-order valence-corrected chi connectivity index (χ2v) is 10.8. The van der Waals surface area contributed by atoms with Gasteiger partial charge in [-0.3, -0.25) is 9.59 Å². The summed E-state index contributed by atoms with van der Waals surface area (Å²) in [5.74, 6) is -3.65. The Labute approximate surface area is 235 Å². The van der Waals surface area contributed by atoms with Gasteiger partial charge in [-0.05, 0) is 61.4 Å². The first-order chi connectivity index (χ1) is 19.5. The molecule has 1 aromatic heterocycles. The fourth-order valence-corrected chi connectivity index (χ4v) is 6.68. The smallest absolute Gasteiger partial charge is 0.419 e. The summed E-state index contributed by atoms with van der Waals surface area (Å²) in [5.41, 5.74) is -1.06. The van der Waals surface area contributed by atoms with Crippen molar-refractivity contribution < 1.29 is 46.2 Å². The van der Waals surface area contributed by atoms with Crippen LogP contribution in [0.1, 0.15) is 35.2 Å². The number of amides is 2. The summed E-state index contributed by atoms with van der Waals surface area (Å²) in [6, 6.07) is 4.90. The number of halogens is 4. The van der Waals surface area contributed by atoms with Crippen molar-refractivity contribution in [2.75, 3.05) is 26.1 Å². The molecule has 2 aliphatic rings. The van der Waals surface area contributed by atoms with Crippen LogP contribution in [0.2, 0.25) is 0 Å². The summed E-state index contributed by atoms with van der Waals surface area (Å²) < 4.78 is 69.1. The van der Waals surface area contributed by atoms with E-state index in [1.54, 1.807) is 12.1 Å². The largest absolute Gasteiger partial charge is 0.496 e. The number of hydrogen-bond acceptors (Lipinski definition) is 8. The zero-order chi connectivity index (χ0) is 29.5. The predicted molar refractivity (Wildman–Crippen MR) is 139 cm³/mol. The van der Waals surface area contributed by atoms with Crippen LogP contribution in [0.4, 0.5) is 23.2 Å². The lowest BCUT2D eigenvalue weighted by molar-refractivity contribution is -0.143. The Morgan fingerprint density at radius 3 is 2.56 bits per heavy atom. The average Bonchev–Trinajstić information content (AvgIpc) is 3.66. The fraction of sp³-hybridized carbons (Fsp3) is 0.407. The minimum absolute atomic E-state index is 0.00994. The number of alkyl halides is 3. The molecule has 1 heterocycles. The van der Waals surface area contributed by atoms with Gasteiger partial charge in [0.2, 0.25) is 5.91 Å². The van der Waals surface area contributed by atoms with Crippen molar-refractivity contribution in [3.63, 3.8) is 0 Å². The van der Waals surface area contributed by atoms with E-state index in [4.69, 9.17) is 9.47 Å². The summed E-state index contributed by atoms with van der Waals surface area (Å²) >= 11 is 1.04. The average molecular weight is 596 g/mol.